The van der Waals surface area contributed by atoms with E-state index in [4.69, 9.17) is 19.2 Å². The number of amides is 1. The first kappa shape index (κ1) is 29.0. The van der Waals surface area contributed by atoms with E-state index in [9.17, 15) is 9.90 Å². The monoisotopic (exact) mass is 584 g/mol. The summed E-state index contributed by atoms with van der Waals surface area (Å²) in [5, 5.41) is 14.3. The van der Waals surface area contributed by atoms with Crippen molar-refractivity contribution in [2.75, 3.05) is 41.0 Å². The zero-order valence-corrected chi connectivity index (χ0v) is 25.1. The molecule has 0 atom stereocenters. The van der Waals surface area contributed by atoms with Crippen LogP contribution in [0.5, 0.6) is 17.2 Å². The van der Waals surface area contributed by atoms with Crippen molar-refractivity contribution in [3.8, 4) is 28.6 Å². The van der Waals surface area contributed by atoms with Gasteiger partial charge in [0.05, 0.1) is 38.0 Å². The van der Waals surface area contributed by atoms with Crippen LogP contribution in [0, 0.1) is 0 Å². The lowest BCUT2D eigenvalue weighted by atomic mass is 9.91. The third-order valence-electron chi connectivity index (χ3n) is 8.93. The third kappa shape index (κ3) is 5.92. The SMILES string of the molecule is COc1cc(-c2nc3ccc(C(=O)NCC4(O)CCN(Cc5ccccc5)CC4)cc3n2C2CCC2)cc(OC)c1OC. The van der Waals surface area contributed by atoms with Gasteiger partial charge >= 0.3 is 0 Å². The molecular weight excluding hydrogens is 544 g/mol. The van der Waals surface area contributed by atoms with Crippen LogP contribution in [-0.2, 0) is 6.54 Å². The lowest BCUT2D eigenvalue weighted by Crippen LogP contribution is -2.50. The average Bonchev–Trinajstić information content (AvgIpc) is 3.38. The van der Waals surface area contributed by atoms with Gasteiger partial charge in [-0.25, -0.2) is 4.98 Å². The van der Waals surface area contributed by atoms with E-state index >= 15 is 0 Å². The number of aromatic nitrogens is 2. The first-order valence-corrected chi connectivity index (χ1v) is 15.0. The van der Waals surface area contributed by atoms with E-state index in [1.165, 1.54) is 5.56 Å². The van der Waals surface area contributed by atoms with E-state index in [0.717, 1.165) is 61.3 Å². The van der Waals surface area contributed by atoms with Crippen molar-refractivity contribution in [1.29, 1.82) is 0 Å². The van der Waals surface area contributed by atoms with E-state index in [1.54, 1.807) is 27.4 Å². The summed E-state index contributed by atoms with van der Waals surface area (Å²) >= 11 is 0. The summed E-state index contributed by atoms with van der Waals surface area (Å²) in [6, 6.07) is 20.1. The van der Waals surface area contributed by atoms with Crippen molar-refractivity contribution in [3.63, 3.8) is 0 Å². The number of imidazole rings is 1. The number of carbonyl (C=O) groups is 1. The number of aliphatic hydroxyl groups is 1. The van der Waals surface area contributed by atoms with Gasteiger partial charge in [-0.3, -0.25) is 9.69 Å². The topological polar surface area (TPSA) is 98.1 Å². The van der Waals surface area contributed by atoms with Crippen molar-refractivity contribution in [3.05, 3.63) is 71.8 Å². The highest BCUT2D eigenvalue weighted by molar-refractivity contribution is 5.98. The summed E-state index contributed by atoms with van der Waals surface area (Å²) in [6.07, 6.45) is 4.49. The van der Waals surface area contributed by atoms with Crippen LogP contribution < -0.4 is 19.5 Å². The van der Waals surface area contributed by atoms with Gasteiger partial charge in [0.2, 0.25) is 5.75 Å². The van der Waals surface area contributed by atoms with Crippen LogP contribution in [0.25, 0.3) is 22.4 Å². The second-order valence-electron chi connectivity index (χ2n) is 11.7. The number of carbonyl (C=O) groups excluding carboxylic acids is 1. The van der Waals surface area contributed by atoms with Crippen LogP contribution in [0.15, 0.2) is 60.7 Å². The molecular formula is C34H40N4O5. The molecule has 1 saturated carbocycles. The molecule has 1 aromatic heterocycles. The molecule has 3 aromatic carbocycles. The molecule has 6 rings (SSSR count). The molecule has 0 unspecified atom stereocenters. The number of hydrogen-bond donors (Lipinski definition) is 2. The number of nitrogens with zero attached hydrogens (tertiary/aromatic N) is 3. The summed E-state index contributed by atoms with van der Waals surface area (Å²) in [6.45, 7) is 2.67. The maximum absolute atomic E-state index is 13.3. The highest BCUT2D eigenvalue weighted by Gasteiger charge is 2.33. The fraction of sp³-hybridized carbons (Fsp3) is 0.412. The van der Waals surface area contributed by atoms with Crippen LogP contribution in [0.2, 0.25) is 0 Å². The third-order valence-corrected chi connectivity index (χ3v) is 8.93. The van der Waals surface area contributed by atoms with Crippen molar-refractivity contribution < 1.29 is 24.1 Å². The number of methoxy groups -OCH3 is 3. The molecule has 43 heavy (non-hydrogen) atoms. The first-order chi connectivity index (χ1) is 20.9. The number of nitrogens with one attached hydrogen (secondary N) is 1. The summed E-state index contributed by atoms with van der Waals surface area (Å²) in [5.41, 5.74) is 3.48. The molecule has 2 fully saturated rings. The quantitative estimate of drug-likeness (QED) is 0.264. The number of fused-ring (bicyclic) bond motifs is 1. The standard InChI is InChI=1S/C34H40N4O5/c1-41-29-19-25(20-30(42-2)31(29)43-3)32-36-27-13-12-24(18-28(27)38(32)26-10-7-11-26)33(39)35-22-34(40)14-16-37(17-15-34)21-23-8-5-4-6-9-23/h4-6,8-9,12-13,18-20,26,40H,7,10-11,14-17,21-22H2,1-3H3,(H,35,39). The molecule has 4 aromatic rings. The minimum atomic E-state index is -0.916. The molecule has 2 N–H and O–H groups in total. The first-order valence-electron chi connectivity index (χ1n) is 15.0. The van der Waals surface area contributed by atoms with E-state index in [0.29, 0.717) is 41.7 Å². The number of likely N-dealkylation sites (tertiary alicyclic amines) is 1. The van der Waals surface area contributed by atoms with E-state index in [1.807, 2.05) is 30.3 Å². The molecule has 9 heteroatoms. The van der Waals surface area contributed by atoms with Gasteiger partial charge in [-0.2, -0.15) is 0 Å². The summed E-state index contributed by atoms with van der Waals surface area (Å²) in [5.74, 6) is 2.26. The molecule has 9 nitrogen and oxygen atoms in total. The van der Waals surface area contributed by atoms with Gasteiger partial charge in [-0.1, -0.05) is 30.3 Å². The maximum atomic E-state index is 13.3. The van der Waals surface area contributed by atoms with Gasteiger partial charge in [0.15, 0.2) is 11.5 Å². The summed E-state index contributed by atoms with van der Waals surface area (Å²) < 4.78 is 19.0. The van der Waals surface area contributed by atoms with Crippen LogP contribution >= 0.6 is 0 Å². The molecule has 1 aliphatic heterocycles. The van der Waals surface area contributed by atoms with Crippen molar-refractivity contribution >= 4 is 16.9 Å². The molecule has 2 aliphatic rings. The normalized spacial score (nSPS) is 16.9. The zero-order valence-electron chi connectivity index (χ0n) is 25.1. The molecule has 1 saturated heterocycles. The Labute approximate surface area is 252 Å². The molecule has 2 heterocycles. The largest absolute Gasteiger partial charge is 0.493 e. The zero-order chi connectivity index (χ0) is 30.0. The second-order valence-corrected chi connectivity index (χ2v) is 11.7. The number of ether oxygens (including phenoxy) is 3. The molecule has 1 aliphatic carbocycles. The number of benzene rings is 3. The highest BCUT2D eigenvalue weighted by Crippen LogP contribution is 2.44. The Morgan fingerprint density at radius 3 is 2.28 bits per heavy atom. The fourth-order valence-electron chi connectivity index (χ4n) is 6.16. The van der Waals surface area contributed by atoms with Crippen molar-refractivity contribution in [1.82, 2.24) is 19.8 Å². The Morgan fingerprint density at radius 2 is 1.67 bits per heavy atom. The summed E-state index contributed by atoms with van der Waals surface area (Å²) in [7, 11) is 4.79. The lowest BCUT2D eigenvalue weighted by molar-refractivity contribution is -0.0207. The van der Waals surface area contributed by atoms with Gasteiger partial charge in [0.1, 0.15) is 5.82 Å². The molecule has 1 amide bonds. The fourth-order valence-corrected chi connectivity index (χ4v) is 6.16. The van der Waals surface area contributed by atoms with Crippen molar-refractivity contribution in [2.24, 2.45) is 0 Å². The minimum Gasteiger partial charge on any atom is -0.493 e. The van der Waals surface area contributed by atoms with Crippen molar-refractivity contribution in [2.45, 2.75) is 50.3 Å². The minimum absolute atomic E-state index is 0.197. The molecule has 0 radical (unpaired) electrons. The van der Waals surface area contributed by atoms with E-state index < -0.39 is 5.60 Å². The van der Waals surface area contributed by atoms with Gasteiger partial charge < -0.3 is 29.2 Å². The average molecular weight is 585 g/mol. The predicted molar refractivity (Wildman–Crippen MR) is 166 cm³/mol. The van der Waals surface area contributed by atoms with Gasteiger partial charge in [-0.05, 0) is 68.0 Å². The number of hydrogen-bond acceptors (Lipinski definition) is 7. The van der Waals surface area contributed by atoms with Gasteiger partial charge in [-0.15, -0.1) is 0 Å². The van der Waals surface area contributed by atoms with Gasteiger partial charge in [0, 0.05) is 43.3 Å². The Hall–Kier alpha value is -4.08. The smallest absolute Gasteiger partial charge is 0.251 e. The summed E-state index contributed by atoms with van der Waals surface area (Å²) in [4.78, 5) is 20.7. The number of rotatable bonds is 10. The Bertz CT molecular complexity index is 1560. The number of piperidine rings is 1. The van der Waals surface area contributed by atoms with Gasteiger partial charge in [0.25, 0.3) is 5.91 Å². The Kier molecular flexibility index (Phi) is 8.27. The van der Waals surface area contributed by atoms with Crippen LogP contribution in [0.3, 0.4) is 0 Å². The highest BCUT2D eigenvalue weighted by atomic mass is 16.5. The van der Waals surface area contributed by atoms with Crippen LogP contribution in [0.1, 0.15) is 54.1 Å². The predicted octanol–water partition coefficient (Wildman–Crippen LogP) is 5.21. The molecule has 0 bridgehead atoms. The molecule has 226 valence electrons. The van der Waals surface area contributed by atoms with Crippen LogP contribution in [-0.4, -0.2) is 72.0 Å². The lowest BCUT2D eigenvalue weighted by Gasteiger charge is -2.38. The second kappa shape index (κ2) is 12.3. The van der Waals surface area contributed by atoms with E-state index in [-0.39, 0.29) is 12.5 Å². The molecule has 0 spiro atoms. The maximum Gasteiger partial charge on any atom is 0.251 e. The Morgan fingerprint density at radius 1 is 0.977 bits per heavy atom. The van der Waals surface area contributed by atoms with E-state index in [2.05, 4.69) is 39.0 Å². The Balaban J connectivity index is 1.20. The van der Waals surface area contributed by atoms with Crippen LogP contribution in [0.4, 0.5) is 0 Å².